The van der Waals surface area contributed by atoms with Crippen LogP contribution in [-0.2, 0) is 27.1 Å². The van der Waals surface area contributed by atoms with Crippen molar-refractivity contribution in [3.05, 3.63) is 131 Å². The molecule has 42 heavy (non-hydrogen) atoms. The van der Waals surface area contributed by atoms with E-state index in [-0.39, 0.29) is 82.6 Å². The van der Waals surface area contributed by atoms with Gasteiger partial charge in [-0.15, -0.1) is 48.5 Å². The molecular formula is C29H21NNa2O8S2. The molecule has 1 N–H and O–H groups in total. The molecule has 4 aromatic rings. The minimum absolute atomic E-state index is 0. The van der Waals surface area contributed by atoms with Gasteiger partial charge in [-0.2, -0.15) is 5.56 Å². The van der Waals surface area contributed by atoms with Gasteiger partial charge in [0, 0.05) is 23.2 Å². The van der Waals surface area contributed by atoms with Crippen LogP contribution in [0.15, 0.2) is 102 Å². The van der Waals surface area contributed by atoms with Crippen molar-refractivity contribution >= 4 is 50.3 Å². The first-order chi connectivity index (χ1) is 19.0. The number of nitrogens with one attached hydrogen (secondary N) is 1. The van der Waals surface area contributed by atoms with Gasteiger partial charge in [-0.05, 0) is 29.8 Å². The van der Waals surface area contributed by atoms with E-state index in [1.54, 1.807) is 66.7 Å². The van der Waals surface area contributed by atoms with Crippen LogP contribution in [0.25, 0.3) is 12.2 Å². The minimum atomic E-state index is -4.81. The van der Waals surface area contributed by atoms with Crippen molar-refractivity contribution in [2.45, 2.75) is 11.3 Å². The molecule has 1 amide bonds. The number of hydrogen-bond donors (Lipinski definition) is 1. The SMILES string of the molecule is O=C(Cc1c[c-]c(/C=C/c2ccc(NC(=O)c3ccccc3)cc2S(=O)(=O)[O-])cc1)c1ccccc1.O=S(=O)=O.[Na+].[Na+]. The van der Waals surface area contributed by atoms with Crippen LogP contribution < -0.4 is 64.4 Å². The van der Waals surface area contributed by atoms with Gasteiger partial charge in [0.25, 0.3) is 5.91 Å². The Morgan fingerprint density at radius 2 is 1.38 bits per heavy atom. The Labute approximate surface area is 289 Å². The number of amides is 1. The largest absolute Gasteiger partial charge is 1.00 e. The van der Waals surface area contributed by atoms with Crippen molar-refractivity contribution in [2.75, 3.05) is 5.32 Å². The third-order valence-corrected chi connectivity index (χ3v) is 6.27. The van der Waals surface area contributed by atoms with Crippen LogP contribution >= 0.6 is 0 Å². The Morgan fingerprint density at radius 1 is 0.810 bits per heavy atom. The summed E-state index contributed by atoms with van der Waals surface area (Å²) < 4.78 is 61.0. The molecule has 0 radical (unpaired) electrons. The second kappa shape index (κ2) is 18.1. The summed E-state index contributed by atoms with van der Waals surface area (Å²) in [6.45, 7) is 0. The maximum absolute atomic E-state index is 12.4. The molecule has 0 aliphatic rings. The van der Waals surface area contributed by atoms with E-state index in [2.05, 4.69) is 11.4 Å². The van der Waals surface area contributed by atoms with E-state index >= 15 is 0 Å². The molecule has 0 spiro atoms. The summed E-state index contributed by atoms with van der Waals surface area (Å²) in [6, 6.07) is 29.9. The monoisotopic (exact) mass is 621 g/mol. The van der Waals surface area contributed by atoms with E-state index in [9.17, 15) is 22.6 Å². The van der Waals surface area contributed by atoms with Crippen LogP contribution in [0.2, 0.25) is 0 Å². The second-order valence-corrected chi connectivity index (χ2v) is 9.94. The molecule has 0 aliphatic carbocycles. The van der Waals surface area contributed by atoms with E-state index in [1.807, 2.05) is 18.2 Å². The van der Waals surface area contributed by atoms with Crippen LogP contribution in [0.4, 0.5) is 5.69 Å². The standard InChI is InChI=1S/C29H22NO5S.2Na.O3S/c31-27(23-7-3-1-4-8-23)19-22-13-11-21(12-14-22)15-16-24-17-18-26(20-28(24)36(33,34)35)30-29(32)25-9-5-2-6-10-25;;;1-4(2)3/h1-11,13-18,20H,19H2,(H,30,32)(H,33,34,35);;;/q-1;2*+1;/p-1/b16-15+;;;. The van der Waals surface area contributed by atoms with E-state index in [0.29, 0.717) is 16.7 Å². The molecular weight excluding hydrogens is 600 g/mol. The fraction of sp³-hybridized carbons (Fsp3) is 0.0345. The van der Waals surface area contributed by atoms with Gasteiger partial charge in [-0.25, -0.2) is 8.42 Å². The van der Waals surface area contributed by atoms with E-state index in [1.165, 1.54) is 18.2 Å². The van der Waals surface area contributed by atoms with Crippen molar-refractivity contribution in [1.29, 1.82) is 0 Å². The van der Waals surface area contributed by atoms with Crippen LogP contribution in [0, 0.1) is 6.07 Å². The summed E-state index contributed by atoms with van der Waals surface area (Å²) in [6.07, 6.45) is 3.35. The predicted molar refractivity (Wildman–Crippen MR) is 147 cm³/mol. The summed E-state index contributed by atoms with van der Waals surface area (Å²) in [7, 11) is -7.92. The van der Waals surface area contributed by atoms with Crippen LogP contribution in [0.5, 0.6) is 0 Å². The molecule has 0 saturated carbocycles. The number of benzene rings is 4. The van der Waals surface area contributed by atoms with Gasteiger partial charge >= 0.3 is 69.7 Å². The quantitative estimate of drug-likeness (QED) is 0.0799. The molecule has 0 fully saturated rings. The van der Waals surface area contributed by atoms with E-state index < -0.39 is 31.5 Å². The summed E-state index contributed by atoms with van der Waals surface area (Å²) in [4.78, 5) is 24.3. The molecule has 0 aliphatic heterocycles. The Balaban J connectivity index is 0.00000138. The molecule has 0 saturated heterocycles. The Kier molecular flexibility index (Phi) is 16.0. The van der Waals surface area contributed by atoms with Crippen molar-refractivity contribution in [3.63, 3.8) is 0 Å². The number of rotatable bonds is 8. The molecule has 0 bridgehead atoms. The zero-order chi connectivity index (χ0) is 29.1. The molecule has 9 nitrogen and oxygen atoms in total. The first kappa shape index (κ1) is 37.3. The summed E-state index contributed by atoms with van der Waals surface area (Å²) >= 11 is 0. The molecule has 13 heteroatoms. The maximum Gasteiger partial charge on any atom is 1.00 e. The third kappa shape index (κ3) is 12.3. The van der Waals surface area contributed by atoms with E-state index in [0.717, 1.165) is 11.6 Å². The molecule has 0 heterocycles. The normalized spacial score (nSPS) is 10.3. The summed E-state index contributed by atoms with van der Waals surface area (Å²) in [5.41, 5.74) is 2.84. The Morgan fingerprint density at radius 3 is 1.90 bits per heavy atom. The zero-order valence-corrected chi connectivity index (χ0v) is 28.3. The first-order valence-electron chi connectivity index (χ1n) is 11.5. The van der Waals surface area contributed by atoms with Crippen molar-refractivity contribution in [1.82, 2.24) is 0 Å². The van der Waals surface area contributed by atoms with Crippen molar-refractivity contribution in [2.24, 2.45) is 0 Å². The van der Waals surface area contributed by atoms with Gasteiger partial charge in [-0.3, -0.25) is 9.59 Å². The summed E-state index contributed by atoms with van der Waals surface area (Å²) in [5, 5.41) is 2.61. The van der Waals surface area contributed by atoms with Gasteiger partial charge < -0.3 is 9.87 Å². The predicted octanol–water partition coefficient (Wildman–Crippen LogP) is -1.76. The van der Waals surface area contributed by atoms with Gasteiger partial charge in [0.1, 0.15) is 10.1 Å². The Bertz CT molecular complexity index is 1740. The maximum atomic E-state index is 12.4. The topological polar surface area (TPSA) is 155 Å². The third-order valence-electron chi connectivity index (χ3n) is 5.38. The number of Topliss-reactive ketones (excluding diaryl/α,β-unsaturated/α-hetero) is 1. The zero-order valence-electron chi connectivity index (χ0n) is 22.7. The van der Waals surface area contributed by atoms with Gasteiger partial charge in [0.15, 0.2) is 5.78 Å². The molecule has 204 valence electrons. The smallest absolute Gasteiger partial charge is 0.744 e. The average Bonchev–Trinajstić information content (AvgIpc) is 2.93. The number of anilines is 1. The molecule has 4 rings (SSSR count). The van der Waals surface area contributed by atoms with Gasteiger partial charge in [0.2, 0.25) is 0 Å². The molecule has 0 atom stereocenters. The van der Waals surface area contributed by atoms with Gasteiger partial charge in [0.05, 0.1) is 4.90 Å². The number of carbonyl (C=O) groups is 2. The fourth-order valence-corrected chi connectivity index (χ4v) is 4.23. The average molecular weight is 622 g/mol. The second-order valence-electron chi connectivity index (χ2n) is 8.18. The van der Waals surface area contributed by atoms with Crippen LogP contribution in [0.1, 0.15) is 37.4 Å². The number of ketones is 1. The van der Waals surface area contributed by atoms with Crippen molar-refractivity contribution in [3.8, 4) is 0 Å². The number of carbonyl (C=O) groups excluding carboxylic acids is 2. The number of hydrogen-bond acceptors (Lipinski definition) is 8. The first-order valence-corrected chi connectivity index (χ1v) is 13.9. The van der Waals surface area contributed by atoms with Crippen LogP contribution in [0.3, 0.4) is 0 Å². The fourth-order valence-electron chi connectivity index (χ4n) is 3.53. The minimum Gasteiger partial charge on any atom is -0.744 e. The van der Waals surface area contributed by atoms with E-state index in [4.69, 9.17) is 12.6 Å². The molecule has 4 aromatic carbocycles. The molecule has 0 unspecified atom stereocenters. The van der Waals surface area contributed by atoms with Crippen molar-refractivity contribution < 1.29 is 94.3 Å². The Hall–Kier alpha value is -2.71. The molecule has 0 aromatic heterocycles. The summed E-state index contributed by atoms with van der Waals surface area (Å²) in [5.74, 6) is -0.425. The van der Waals surface area contributed by atoms with Crippen LogP contribution in [-0.4, -0.2) is 37.3 Å². The van der Waals surface area contributed by atoms with Gasteiger partial charge in [-0.1, -0.05) is 60.7 Å².